The van der Waals surface area contributed by atoms with Gasteiger partial charge in [0.1, 0.15) is 22.6 Å². The largest absolute Gasteiger partial charge is 0.359 e. The summed E-state index contributed by atoms with van der Waals surface area (Å²) in [4.78, 5) is 10.7. The van der Waals surface area contributed by atoms with E-state index in [0.717, 1.165) is 27.3 Å². The maximum absolute atomic E-state index is 6.15. The fourth-order valence-electron chi connectivity index (χ4n) is 1.56. The normalized spacial score (nSPS) is 13.1. The molecule has 0 saturated heterocycles. The van der Waals surface area contributed by atoms with Crippen LogP contribution in [0.5, 0.6) is 0 Å². The van der Waals surface area contributed by atoms with Crippen molar-refractivity contribution in [2.24, 2.45) is 0 Å². The highest BCUT2D eigenvalue weighted by atomic mass is 35.5. The molecule has 0 aromatic carbocycles. The van der Waals surface area contributed by atoms with E-state index in [1.54, 1.807) is 18.4 Å². The predicted molar refractivity (Wildman–Crippen MR) is 73.2 cm³/mol. The standard InChI is InChI=1S/C12H15ClN2O2S/c1-4-10-14-11(13)8-5-9(18-12(8)15-10)7(2)17-6-16-3/h5,7H,4,6H2,1-3H3. The molecule has 2 aromatic heterocycles. The van der Waals surface area contributed by atoms with Gasteiger partial charge in [-0.15, -0.1) is 11.3 Å². The Kier molecular flexibility index (Phi) is 4.50. The van der Waals surface area contributed by atoms with Crippen molar-refractivity contribution in [1.29, 1.82) is 0 Å². The molecule has 0 fully saturated rings. The number of halogens is 1. The first kappa shape index (κ1) is 13.7. The molecule has 0 spiro atoms. The van der Waals surface area contributed by atoms with Gasteiger partial charge in [0.2, 0.25) is 0 Å². The molecule has 2 heterocycles. The lowest BCUT2D eigenvalue weighted by molar-refractivity contribution is -0.0654. The summed E-state index contributed by atoms with van der Waals surface area (Å²) in [6.45, 7) is 4.26. The van der Waals surface area contributed by atoms with Crippen molar-refractivity contribution >= 4 is 33.2 Å². The Labute approximate surface area is 115 Å². The number of ether oxygens (including phenoxy) is 2. The minimum atomic E-state index is -0.0368. The van der Waals surface area contributed by atoms with Crippen LogP contribution in [0.25, 0.3) is 10.2 Å². The summed E-state index contributed by atoms with van der Waals surface area (Å²) in [5.41, 5.74) is 0. The Morgan fingerprint density at radius 2 is 2.22 bits per heavy atom. The number of aryl methyl sites for hydroxylation is 1. The van der Waals surface area contributed by atoms with Gasteiger partial charge in [0.25, 0.3) is 0 Å². The van der Waals surface area contributed by atoms with E-state index in [4.69, 9.17) is 21.1 Å². The molecule has 6 heteroatoms. The van der Waals surface area contributed by atoms with Gasteiger partial charge in [-0.05, 0) is 13.0 Å². The van der Waals surface area contributed by atoms with Gasteiger partial charge in [0.05, 0.1) is 6.10 Å². The van der Waals surface area contributed by atoms with Gasteiger partial charge < -0.3 is 9.47 Å². The van der Waals surface area contributed by atoms with E-state index >= 15 is 0 Å². The van der Waals surface area contributed by atoms with Crippen LogP contribution in [0.3, 0.4) is 0 Å². The Morgan fingerprint density at radius 3 is 2.89 bits per heavy atom. The highest BCUT2D eigenvalue weighted by Gasteiger charge is 2.14. The molecule has 1 unspecified atom stereocenters. The number of aromatic nitrogens is 2. The lowest BCUT2D eigenvalue weighted by atomic mass is 10.3. The first-order chi connectivity index (χ1) is 8.65. The topological polar surface area (TPSA) is 44.2 Å². The van der Waals surface area contributed by atoms with Crippen LogP contribution in [0.1, 0.15) is 30.7 Å². The second-order valence-electron chi connectivity index (χ2n) is 3.87. The first-order valence-corrected chi connectivity index (χ1v) is 6.91. The second-order valence-corrected chi connectivity index (χ2v) is 5.29. The van der Waals surface area contributed by atoms with Gasteiger partial charge in [-0.2, -0.15) is 0 Å². The molecule has 2 rings (SSSR count). The molecule has 0 aliphatic heterocycles. The Morgan fingerprint density at radius 1 is 1.44 bits per heavy atom. The van der Waals surface area contributed by atoms with Crippen molar-refractivity contribution in [1.82, 2.24) is 9.97 Å². The molecule has 98 valence electrons. The smallest absolute Gasteiger partial charge is 0.147 e. The highest BCUT2D eigenvalue weighted by Crippen LogP contribution is 2.33. The van der Waals surface area contributed by atoms with Crippen LogP contribution < -0.4 is 0 Å². The summed E-state index contributed by atoms with van der Waals surface area (Å²) < 4.78 is 10.4. The van der Waals surface area contributed by atoms with Gasteiger partial charge in [0.15, 0.2) is 0 Å². The van der Waals surface area contributed by atoms with Crippen LogP contribution in [-0.2, 0) is 15.9 Å². The van der Waals surface area contributed by atoms with E-state index in [9.17, 15) is 0 Å². The van der Waals surface area contributed by atoms with Crippen molar-refractivity contribution in [2.75, 3.05) is 13.9 Å². The number of nitrogens with zero attached hydrogens (tertiary/aromatic N) is 2. The minimum Gasteiger partial charge on any atom is -0.359 e. The average molecular weight is 287 g/mol. The van der Waals surface area contributed by atoms with E-state index in [1.807, 2.05) is 19.9 Å². The zero-order chi connectivity index (χ0) is 13.1. The molecule has 1 atom stereocenters. The maximum Gasteiger partial charge on any atom is 0.147 e. The third kappa shape index (κ3) is 2.80. The minimum absolute atomic E-state index is 0.0368. The van der Waals surface area contributed by atoms with Crippen LogP contribution in [0.15, 0.2) is 6.07 Å². The van der Waals surface area contributed by atoms with Gasteiger partial charge in [0, 0.05) is 23.8 Å². The van der Waals surface area contributed by atoms with Gasteiger partial charge >= 0.3 is 0 Å². The predicted octanol–water partition coefficient (Wildman–Crippen LogP) is 3.59. The van der Waals surface area contributed by atoms with Crippen molar-refractivity contribution in [3.05, 3.63) is 21.9 Å². The Balaban J connectivity index is 2.34. The maximum atomic E-state index is 6.15. The fraction of sp³-hybridized carbons (Fsp3) is 0.500. The zero-order valence-corrected chi connectivity index (χ0v) is 12.1. The molecule has 18 heavy (non-hydrogen) atoms. The number of rotatable bonds is 5. The SMILES string of the molecule is CCc1nc(Cl)c2cc(C(C)OCOC)sc2n1. The number of fused-ring (bicyclic) bond motifs is 1. The number of hydrogen-bond donors (Lipinski definition) is 0. The van der Waals surface area contributed by atoms with Crippen molar-refractivity contribution in [3.8, 4) is 0 Å². The third-order valence-electron chi connectivity index (χ3n) is 2.56. The highest BCUT2D eigenvalue weighted by molar-refractivity contribution is 7.18. The van der Waals surface area contributed by atoms with Crippen LogP contribution >= 0.6 is 22.9 Å². The average Bonchev–Trinajstić information content (AvgIpc) is 2.80. The summed E-state index contributed by atoms with van der Waals surface area (Å²) in [7, 11) is 1.60. The molecule has 0 amide bonds. The van der Waals surface area contributed by atoms with Crippen LogP contribution in [0.2, 0.25) is 5.15 Å². The van der Waals surface area contributed by atoms with Crippen LogP contribution in [0.4, 0.5) is 0 Å². The van der Waals surface area contributed by atoms with E-state index in [2.05, 4.69) is 9.97 Å². The van der Waals surface area contributed by atoms with Gasteiger partial charge in [-0.3, -0.25) is 0 Å². The number of methoxy groups -OCH3 is 1. The van der Waals surface area contributed by atoms with Crippen LogP contribution in [-0.4, -0.2) is 23.9 Å². The second kappa shape index (κ2) is 5.93. The Hall–Kier alpha value is -0.750. The van der Waals surface area contributed by atoms with Crippen LogP contribution in [0, 0.1) is 0 Å². The molecule has 0 bridgehead atoms. The lowest BCUT2D eigenvalue weighted by Crippen LogP contribution is -2.00. The molecule has 0 N–H and O–H groups in total. The third-order valence-corrected chi connectivity index (χ3v) is 4.04. The molecular formula is C12H15ClN2O2S. The monoisotopic (exact) mass is 286 g/mol. The summed E-state index contributed by atoms with van der Waals surface area (Å²) in [5, 5.41) is 1.40. The molecular weight excluding hydrogens is 272 g/mol. The summed E-state index contributed by atoms with van der Waals surface area (Å²) in [6, 6.07) is 1.99. The van der Waals surface area contributed by atoms with Crippen molar-refractivity contribution in [3.63, 3.8) is 0 Å². The summed E-state index contributed by atoms with van der Waals surface area (Å²) in [5.74, 6) is 0.770. The van der Waals surface area contributed by atoms with Crippen molar-refractivity contribution < 1.29 is 9.47 Å². The molecule has 0 aliphatic rings. The number of hydrogen-bond acceptors (Lipinski definition) is 5. The Bertz CT molecular complexity index is 544. The summed E-state index contributed by atoms with van der Waals surface area (Å²) >= 11 is 7.74. The summed E-state index contributed by atoms with van der Waals surface area (Å²) in [6.07, 6.45) is 0.740. The lowest BCUT2D eigenvalue weighted by Gasteiger charge is -2.09. The number of thiophene rings is 1. The van der Waals surface area contributed by atoms with Gasteiger partial charge in [-0.1, -0.05) is 18.5 Å². The molecule has 2 aromatic rings. The molecule has 0 radical (unpaired) electrons. The fourth-order valence-corrected chi connectivity index (χ4v) is 2.91. The van der Waals surface area contributed by atoms with E-state index in [1.165, 1.54) is 0 Å². The van der Waals surface area contributed by atoms with E-state index < -0.39 is 0 Å². The molecule has 0 aliphatic carbocycles. The quantitative estimate of drug-likeness (QED) is 0.622. The van der Waals surface area contributed by atoms with Crippen molar-refractivity contribution in [2.45, 2.75) is 26.4 Å². The zero-order valence-electron chi connectivity index (χ0n) is 10.6. The van der Waals surface area contributed by atoms with Gasteiger partial charge in [-0.25, -0.2) is 9.97 Å². The first-order valence-electron chi connectivity index (χ1n) is 5.72. The molecule has 0 saturated carbocycles. The van der Waals surface area contributed by atoms with E-state index in [0.29, 0.717) is 5.15 Å². The van der Waals surface area contributed by atoms with E-state index in [-0.39, 0.29) is 12.9 Å². The molecule has 4 nitrogen and oxygen atoms in total.